The molecule has 0 fully saturated rings. The maximum atomic E-state index is 12.9. The molecule has 0 radical (unpaired) electrons. The van der Waals surface area contributed by atoms with Crippen molar-refractivity contribution in [1.82, 2.24) is 14.7 Å². The smallest absolute Gasteiger partial charge is 0.272 e. The third-order valence-electron chi connectivity index (χ3n) is 4.43. The first-order valence-electron chi connectivity index (χ1n) is 8.70. The van der Waals surface area contributed by atoms with Crippen LogP contribution in [-0.2, 0) is 6.54 Å². The standard InChI is InChI=1S/C21H19N3O3S/c1-26-16-8-6-15(7-9-16)19-18(23-21-24(19)10-11-28-21)20(25)22-13-14-4-3-5-17(12-14)27-2/h3-12H,13H2,1-2H3,(H,22,25). The van der Waals surface area contributed by atoms with Crippen molar-refractivity contribution < 1.29 is 14.3 Å². The maximum absolute atomic E-state index is 12.9. The monoisotopic (exact) mass is 393 g/mol. The minimum absolute atomic E-state index is 0.218. The van der Waals surface area contributed by atoms with Gasteiger partial charge in [0.15, 0.2) is 10.7 Å². The molecule has 2 aromatic carbocycles. The van der Waals surface area contributed by atoms with Crippen LogP contribution in [0.1, 0.15) is 16.1 Å². The van der Waals surface area contributed by atoms with Gasteiger partial charge in [0.2, 0.25) is 0 Å². The average molecular weight is 393 g/mol. The van der Waals surface area contributed by atoms with E-state index in [1.54, 1.807) is 14.2 Å². The fourth-order valence-electron chi connectivity index (χ4n) is 3.02. The molecule has 0 atom stereocenters. The Bertz CT molecular complexity index is 1120. The molecule has 0 spiro atoms. The van der Waals surface area contributed by atoms with Crippen molar-refractivity contribution in [2.45, 2.75) is 6.54 Å². The van der Waals surface area contributed by atoms with Crippen LogP contribution in [-0.4, -0.2) is 29.5 Å². The van der Waals surface area contributed by atoms with Gasteiger partial charge in [-0.25, -0.2) is 4.98 Å². The molecule has 0 aliphatic rings. The van der Waals surface area contributed by atoms with E-state index in [0.29, 0.717) is 12.2 Å². The van der Waals surface area contributed by atoms with Crippen molar-refractivity contribution in [3.8, 4) is 22.8 Å². The highest BCUT2D eigenvalue weighted by molar-refractivity contribution is 7.15. The van der Waals surface area contributed by atoms with Gasteiger partial charge >= 0.3 is 0 Å². The second-order valence-corrected chi connectivity index (χ2v) is 7.00. The first-order valence-corrected chi connectivity index (χ1v) is 9.58. The van der Waals surface area contributed by atoms with E-state index in [-0.39, 0.29) is 5.91 Å². The number of hydrogen-bond donors (Lipinski definition) is 1. The number of amides is 1. The average Bonchev–Trinajstić information content (AvgIpc) is 3.33. The van der Waals surface area contributed by atoms with Crippen LogP contribution in [0.3, 0.4) is 0 Å². The van der Waals surface area contributed by atoms with E-state index in [0.717, 1.165) is 33.3 Å². The van der Waals surface area contributed by atoms with Crippen molar-refractivity contribution in [3.05, 3.63) is 71.4 Å². The number of nitrogens with one attached hydrogen (secondary N) is 1. The lowest BCUT2D eigenvalue weighted by molar-refractivity contribution is 0.0947. The summed E-state index contributed by atoms with van der Waals surface area (Å²) < 4.78 is 12.4. The number of carbonyl (C=O) groups excluding carboxylic acids is 1. The molecule has 0 unspecified atom stereocenters. The number of rotatable bonds is 6. The van der Waals surface area contributed by atoms with Crippen molar-refractivity contribution in [1.29, 1.82) is 0 Å². The largest absolute Gasteiger partial charge is 0.497 e. The fourth-order valence-corrected chi connectivity index (χ4v) is 3.73. The van der Waals surface area contributed by atoms with Crippen LogP contribution in [0.5, 0.6) is 11.5 Å². The van der Waals surface area contributed by atoms with Crippen LogP contribution in [0.2, 0.25) is 0 Å². The summed E-state index contributed by atoms with van der Waals surface area (Å²) in [6, 6.07) is 15.2. The Hall–Kier alpha value is -3.32. The van der Waals surface area contributed by atoms with Gasteiger partial charge in [0.25, 0.3) is 5.91 Å². The fraction of sp³-hybridized carbons (Fsp3) is 0.143. The molecule has 0 bridgehead atoms. The molecule has 142 valence electrons. The Morgan fingerprint density at radius 3 is 2.64 bits per heavy atom. The first kappa shape index (κ1) is 18.1. The molecule has 4 rings (SSSR count). The third-order valence-corrected chi connectivity index (χ3v) is 5.18. The molecule has 7 heteroatoms. The molecule has 0 saturated heterocycles. The minimum atomic E-state index is -0.218. The van der Waals surface area contributed by atoms with Gasteiger partial charge in [-0.3, -0.25) is 9.20 Å². The van der Waals surface area contributed by atoms with Gasteiger partial charge in [-0.05, 0) is 42.0 Å². The first-order chi connectivity index (χ1) is 13.7. The number of aromatic nitrogens is 2. The number of imidazole rings is 1. The zero-order chi connectivity index (χ0) is 19.5. The lowest BCUT2D eigenvalue weighted by Crippen LogP contribution is -2.23. The summed E-state index contributed by atoms with van der Waals surface area (Å²) in [5.74, 6) is 1.30. The zero-order valence-electron chi connectivity index (χ0n) is 15.5. The molecule has 0 aliphatic heterocycles. The number of ether oxygens (including phenoxy) is 2. The molecule has 0 aliphatic carbocycles. The Morgan fingerprint density at radius 2 is 1.89 bits per heavy atom. The number of methoxy groups -OCH3 is 2. The van der Waals surface area contributed by atoms with Gasteiger partial charge in [-0.15, -0.1) is 11.3 Å². The topological polar surface area (TPSA) is 64.9 Å². The van der Waals surface area contributed by atoms with Crippen LogP contribution in [0, 0.1) is 0 Å². The lowest BCUT2D eigenvalue weighted by atomic mass is 10.1. The van der Waals surface area contributed by atoms with Crippen molar-refractivity contribution in [2.75, 3.05) is 14.2 Å². The highest BCUT2D eigenvalue weighted by Crippen LogP contribution is 2.29. The molecule has 6 nitrogen and oxygen atoms in total. The number of hydrogen-bond acceptors (Lipinski definition) is 5. The van der Waals surface area contributed by atoms with Gasteiger partial charge in [0, 0.05) is 23.7 Å². The van der Waals surface area contributed by atoms with Gasteiger partial charge in [-0.1, -0.05) is 12.1 Å². The number of benzene rings is 2. The summed E-state index contributed by atoms with van der Waals surface area (Å²) in [4.78, 5) is 18.2. The van der Waals surface area contributed by atoms with E-state index in [1.807, 2.05) is 64.5 Å². The second-order valence-electron chi connectivity index (χ2n) is 6.13. The van der Waals surface area contributed by atoms with E-state index >= 15 is 0 Å². The van der Waals surface area contributed by atoms with Crippen molar-refractivity contribution in [2.24, 2.45) is 0 Å². The molecule has 0 saturated carbocycles. The van der Waals surface area contributed by atoms with E-state index < -0.39 is 0 Å². The molecule has 2 heterocycles. The van der Waals surface area contributed by atoms with E-state index in [4.69, 9.17) is 9.47 Å². The molecular formula is C21H19N3O3S. The van der Waals surface area contributed by atoms with Crippen LogP contribution in [0.25, 0.3) is 16.2 Å². The summed E-state index contributed by atoms with van der Waals surface area (Å²) in [5, 5.41) is 4.91. The second kappa shape index (κ2) is 7.74. The third kappa shape index (κ3) is 3.44. The highest BCUT2D eigenvalue weighted by Gasteiger charge is 2.21. The predicted molar refractivity (Wildman–Crippen MR) is 109 cm³/mol. The number of fused-ring (bicyclic) bond motifs is 1. The van der Waals surface area contributed by atoms with Crippen LogP contribution in [0.4, 0.5) is 0 Å². The summed E-state index contributed by atoms with van der Waals surface area (Å²) >= 11 is 1.49. The molecule has 1 amide bonds. The normalized spacial score (nSPS) is 10.8. The van der Waals surface area contributed by atoms with E-state index in [1.165, 1.54) is 11.3 Å². The lowest BCUT2D eigenvalue weighted by Gasteiger charge is -2.08. The number of thiazole rings is 1. The Kier molecular flexibility index (Phi) is 4.99. The van der Waals surface area contributed by atoms with Crippen LogP contribution in [0.15, 0.2) is 60.1 Å². The van der Waals surface area contributed by atoms with Crippen LogP contribution >= 0.6 is 11.3 Å². The molecule has 2 aromatic heterocycles. The Balaban J connectivity index is 1.64. The molecule has 4 aromatic rings. The van der Waals surface area contributed by atoms with Gasteiger partial charge in [-0.2, -0.15) is 0 Å². The van der Waals surface area contributed by atoms with Gasteiger partial charge in [0.05, 0.1) is 19.9 Å². The van der Waals surface area contributed by atoms with Crippen LogP contribution < -0.4 is 14.8 Å². The van der Waals surface area contributed by atoms with Crippen molar-refractivity contribution >= 4 is 22.2 Å². The Labute approximate surface area is 166 Å². The quantitative estimate of drug-likeness (QED) is 0.538. The van der Waals surface area contributed by atoms with Gasteiger partial charge < -0.3 is 14.8 Å². The zero-order valence-corrected chi connectivity index (χ0v) is 16.3. The minimum Gasteiger partial charge on any atom is -0.497 e. The number of carbonyl (C=O) groups is 1. The van der Waals surface area contributed by atoms with Crippen molar-refractivity contribution in [3.63, 3.8) is 0 Å². The predicted octanol–water partition coefficient (Wildman–Crippen LogP) is 4.01. The van der Waals surface area contributed by atoms with Gasteiger partial charge in [0.1, 0.15) is 11.5 Å². The summed E-state index contributed by atoms with van der Waals surface area (Å²) in [6.07, 6.45) is 1.92. The summed E-state index contributed by atoms with van der Waals surface area (Å²) in [7, 11) is 3.25. The van der Waals surface area contributed by atoms with E-state index in [9.17, 15) is 4.79 Å². The summed E-state index contributed by atoms with van der Waals surface area (Å²) in [5.41, 5.74) is 3.03. The maximum Gasteiger partial charge on any atom is 0.272 e. The molecule has 1 N–H and O–H groups in total. The van der Waals surface area contributed by atoms with E-state index in [2.05, 4.69) is 10.3 Å². The Morgan fingerprint density at radius 1 is 1.11 bits per heavy atom. The SMILES string of the molecule is COc1ccc(-c2c(C(=O)NCc3cccc(OC)c3)nc3sccn23)cc1. The highest BCUT2D eigenvalue weighted by atomic mass is 32.1. The molecule has 28 heavy (non-hydrogen) atoms. The number of nitrogens with zero attached hydrogens (tertiary/aromatic N) is 2. The molecular weight excluding hydrogens is 374 g/mol. The summed E-state index contributed by atoms with van der Waals surface area (Å²) in [6.45, 7) is 0.392.